The van der Waals surface area contributed by atoms with Crippen molar-refractivity contribution in [3.05, 3.63) is 58.1 Å². The van der Waals surface area contributed by atoms with E-state index in [9.17, 15) is 26.3 Å². The molecular weight excluding hydrogens is 318 g/mol. The van der Waals surface area contributed by atoms with Crippen LogP contribution < -0.4 is 0 Å². The van der Waals surface area contributed by atoms with Crippen molar-refractivity contribution >= 4 is 0 Å². The first-order valence-corrected chi connectivity index (χ1v) is 6.78. The van der Waals surface area contributed by atoms with Gasteiger partial charge in [0, 0.05) is 0 Å². The summed E-state index contributed by atoms with van der Waals surface area (Å²) in [6, 6.07) is 5.51. The Balaban J connectivity index is 2.58. The summed E-state index contributed by atoms with van der Waals surface area (Å²) in [6.07, 6.45) is -8.91. The summed E-state index contributed by atoms with van der Waals surface area (Å²) >= 11 is 0. The van der Waals surface area contributed by atoms with Gasteiger partial charge in [-0.2, -0.15) is 26.3 Å². The zero-order valence-corrected chi connectivity index (χ0v) is 12.7. The molecule has 2 aromatic rings. The lowest BCUT2D eigenvalue weighted by atomic mass is 9.90. The molecule has 2 aromatic carbocycles. The summed E-state index contributed by atoms with van der Waals surface area (Å²) in [6.45, 7) is 4.41. The van der Waals surface area contributed by atoms with Crippen LogP contribution in [-0.2, 0) is 12.4 Å². The Labute approximate surface area is 129 Å². The fourth-order valence-corrected chi connectivity index (χ4v) is 2.56. The van der Waals surface area contributed by atoms with Crippen LogP contribution in [0.25, 0.3) is 11.1 Å². The van der Waals surface area contributed by atoms with Gasteiger partial charge in [0.25, 0.3) is 0 Å². The van der Waals surface area contributed by atoms with Gasteiger partial charge in [-0.05, 0) is 66.8 Å². The van der Waals surface area contributed by atoms with Crippen LogP contribution in [0.4, 0.5) is 26.3 Å². The Hall–Kier alpha value is -1.98. The molecule has 0 unspecified atom stereocenters. The molecule has 124 valence electrons. The van der Waals surface area contributed by atoms with E-state index in [1.54, 1.807) is 0 Å². The lowest BCUT2D eigenvalue weighted by Gasteiger charge is -2.17. The molecule has 0 heterocycles. The number of aryl methyl sites for hydroxylation is 1. The minimum absolute atomic E-state index is 0.0781. The van der Waals surface area contributed by atoms with Crippen molar-refractivity contribution in [3.63, 3.8) is 0 Å². The summed E-state index contributed by atoms with van der Waals surface area (Å²) in [5.74, 6) is 0. The molecule has 0 saturated heterocycles. The van der Waals surface area contributed by atoms with Crippen LogP contribution in [-0.4, -0.2) is 0 Å². The number of halogens is 6. The van der Waals surface area contributed by atoms with Crippen molar-refractivity contribution in [3.8, 4) is 11.1 Å². The van der Waals surface area contributed by atoms with Gasteiger partial charge in [-0.25, -0.2) is 0 Å². The van der Waals surface area contributed by atoms with Gasteiger partial charge in [0.1, 0.15) is 0 Å². The average Bonchev–Trinajstić information content (AvgIpc) is 2.39. The van der Waals surface area contributed by atoms with E-state index in [0.717, 1.165) is 18.2 Å². The fourth-order valence-electron chi connectivity index (χ4n) is 2.56. The van der Waals surface area contributed by atoms with Gasteiger partial charge in [-0.3, -0.25) is 0 Å². The van der Waals surface area contributed by atoms with Gasteiger partial charge < -0.3 is 0 Å². The van der Waals surface area contributed by atoms with Crippen molar-refractivity contribution in [1.29, 1.82) is 0 Å². The molecule has 0 bridgehead atoms. The third-order valence-electron chi connectivity index (χ3n) is 3.94. The van der Waals surface area contributed by atoms with Crippen LogP contribution in [0.5, 0.6) is 0 Å². The highest BCUT2D eigenvalue weighted by atomic mass is 19.4. The van der Waals surface area contributed by atoms with Crippen LogP contribution >= 0.6 is 0 Å². The highest BCUT2D eigenvalue weighted by Crippen LogP contribution is 2.38. The number of rotatable bonds is 1. The first-order chi connectivity index (χ1) is 10.4. The molecule has 23 heavy (non-hydrogen) atoms. The van der Waals surface area contributed by atoms with Crippen molar-refractivity contribution in [1.82, 2.24) is 0 Å². The van der Waals surface area contributed by atoms with Crippen molar-refractivity contribution in [2.24, 2.45) is 0 Å². The molecule has 2 rings (SSSR count). The second-order valence-corrected chi connectivity index (χ2v) is 5.44. The van der Waals surface area contributed by atoms with E-state index < -0.39 is 23.5 Å². The summed E-state index contributed by atoms with van der Waals surface area (Å²) in [5, 5.41) is 0. The van der Waals surface area contributed by atoms with Crippen LogP contribution in [0.15, 0.2) is 30.3 Å². The highest BCUT2D eigenvalue weighted by Gasteiger charge is 2.33. The molecule has 0 atom stereocenters. The predicted molar refractivity (Wildman–Crippen MR) is 76.1 cm³/mol. The smallest absolute Gasteiger partial charge is 0.166 e. The monoisotopic (exact) mass is 332 g/mol. The first-order valence-electron chi connectivity index (χ1n) is 6.78. The minimum Gasteiger partial charge on any atom is -0.166 e. The predicted octanol–water partition coefficient (Wildman–Crippen LogP) is 6.32. The van der Waals surface area contributed by atoms with Gasteiger partial charge in [0.2, 0.25) is 0 Å². The molecule has 6 heteroatoms. The van der Waals surface area contributed by atoms with E-state index in [1.807, 2.05) is 0 Å². The topological polar surface area (TPSA) is 0 Å². The largest absolute Gasteiger partial charge is 0.416 e. The quantitative estimate of drug-likeness (QED) is 0.536. The lowest BCUT2D eigenvalue weighted by Crippen LogP contribution is -2.09. The molecule has 0 spiro atoms. The normalized spacial score (nSPS) is 12.6. The molecule has 0 saturated carbocycles. The van der Waals surface area contributed by atoms with Gasteiger partial charge in [0.15, 0.2) is 0 Å². The van der Waals surface area contributed by atoms with E-state index in [2.05, 4.69) is 0 Å². The molecule has 0 aromatic heterocycles. The van der Waals surface area contributed by atoms with E-state index >= 15 is 0 Å². The van der Waals surface area contributed by atoms with Crippen LogP contribution in [0.3, 0.4) is 0 Å². The molecule has 0 aliphatic rings. The summed E-state index contributed by atoms with van der Waals surface area (Å²) in [5.41, 5.74) is 0.330. The third kappa shape index (κ3) is 3.35. The van der Waals surface area contributed by atoms with Gasteiger partial charge in [0.05, 0.1) is 11.1 Å². The summed E-state index contributed by atoms with van der Waals surface area (Å²) in [4.78, 5) is 0. The van der Waals surface area contributed by atoms with Crippen molar-refractivity contribution in [2.75, 3.05) is 0 Å². The second-order valence-electron chi connectivity index (χ2n) is 5.44. The van der Waals surface area contributed by atoms with Gasteiger partial charge in [-0.1, -0.05) is 12.1 Å². The molecular formula is C17H14F6. The van der Waals surface area contributed by atoms with Crippen LogP contribution in [0.1, 0.15) is 27.8 Å². The fraction of sp³-hybridized carbons (Fsp3) is 0.294. The first kappa shape index (κ1) is 17.4. The average molecular weight is 332 g/mol. The number of hydrogen-bond acceptors (Lipinski definition) is 0. The second kappa shape index (κ2) is 5.58. The lowest BCUT2D eigenvalue weighted by molar-refractivity contribution is -0.138. The van der Waals surface area contributed by atoms with Gasteiger partial charge >= 0.3 is 12.4 Å². The number of hydrogen-bond donors (Lipinski definition) is 0. The zero-order valence-electron chi connectivity index (χ0n) is 12.7. The van der Waals surface area contributed by atoms with E-state index in [1.165, 1.54) is 32.9 Å². The zero-order chi connectivity index (χ0) is 17.6. The maximum atomic E-state index is 12.9. The van der Waals surface area contributed by atoms with E-state index in [4.69, 9.17) is 0 Å². The maximum absolute atomic E-state index is 12.9. The van der Waals surface area contributed by atoms with E-state index in [0.29, 0.717) is 22.3 Å². The van der Waals surface area contributed by atoms with Crippen molar-refractivity contribution < 1.29 is 26.3 Å². The SMILES string of the molecule is Cc1cc(C(F)(F)F)ccc1-c1ccc(C(F)(F)F)c(C)c1C. The Morgan fingerprint density at radius 3 is 1.70 bits per heavy atom. The molecule has 0 amide bonds. The van der Waals surface area contributed by atoms with Crippen LogP contribution in [0.2, 0.25) is 0 Å². The minimum atomic E-state index is -4.46. The third-order valence-corrected chi connectivity index (χ3v) is 3.94. The van der Waals surface area contributed by atoms with Gasteiger partial charge in [-0.15, -0.1) is 0 Å². The standard InChI is InChI=1S/C17H14F6/c1-9-8-12(16(18,19)20)4-5-13(9)14-6-7-15(17(21,22)23)11(3)10(14)2/h4-8H,1-3H3. The number of benzene rings is 2. The Morgan fingerprint density at radius 1 is 0.652 bits per heavy atom. The van der Waals surface area contributed by atoms with Crippen LogP contribution in [0, 0.1) is 20.8 Å². The Morgan fingerprint density at radius 2 is 1.22 bits per heavy atom. The molecule has 0 aliphatic carbocycles. The molecule has 0 fully saturated rings. The Bertz CT molecular complexity index is 738. The highest BCUT2D eigenvalue weighted by molar-refractivity contribution is 5.72. The molecule has 0 radical (unpaired) electrons. The molecule has 0 nitrogen and oxygen atoms in total. The number of alkyl halides is 6. The molecule has 0 aliphatic heterocycles. The van der Waals surface area contributed by atoms with E-state index in [-0.39, 0.29) is 5.56 Å². The van der Waals surface area contributed by atoms with Crippen molar-refractivity contribution in [2.45, 2.75) is 33.1 Å². The maximum Gasteiger partial charge on any atom is 0.416 e. The Kier molecular flexibility index (Phi) is 4.22. The molecule has 0 N–H and O–H groups in total. The summed E-state index contributed by atoms with van der Waals surface area (Å²) < 4.78 is 76.8. The summed E-state index contributed by atoms with van der Waals surface area (Å²) in [7, 11) is 0.